The lowest BCUT2D eigenvalue weighted by Gasteiger charge is -2.17. The fraction of sp³-hybridized carbons (Fsp3) is 0.429. The third-order valence-corrected chi connectivity index (χ3v) is 3.01. The van der Waals surface area contributed by atoms with Crippen molar-refractivity contribution >= 4 is 11.6 Å². The predicted octanol–water partition coefficient (Wildman–Crippen LogP) is 3.24. The van der Waals surface area contributed by atoms with E-state index in [1.807, 2.05) is 19.2 Å². The summed E-state index contributed by atoms with van der Waals surface area (Å²) in [4.78, 5) is 8.61. The Morgan fingerprint density at radius 2 is 2.11 bits per heavy atom. The van der Waals surface area contributed by atoms with E-state index < -0.39 is 0 Å². The zero-order chi connectivity index (χ0) is 13.7. The van der Waals surface area contributed by atoms with Gasteiger partial charge in [-0.1, -0.05) is 13.3 Å². The zero-order valence-corrected chi connectivity index (χ0v) is 11.6. The number of nitrogens with one attached hydrogen (secondary N) is 2. The highest BCUT2D eigenvalue weighted by Crippen LogP contribution is 2.25. The zero-order valence-electron chi connectivity index (χ0n) is 11.6. The van der Waals surface area contributed by atoms with Gasteiger partial charge in [0.2, 0.25) is 0 Å². The third-order valence-electron chi connectivity index (χ3n) is 3.01. The molecule has 2 rings (SSSR count). The molecule has 2 aromatic heterocycles. The monoisotopic (exact) mass is 260 g/mol. The van der Waals surface area contributed by atoms with Gasteiger partial charge >= 0.3 is 0 Å². The van der Waals surface area contributed by atoms with Crippen LogP contribution in [0.5, 0.6) is 0 Å². The van der Waals surface area contributed by atoms with Crippen LogP contribution < -0.4 is 10.6 Å². The van der Waals surface area contributed by atoms with Gasteiger partial charge in [-0.05, 0) is 25.5 Å². The van der Waals surface area contributed by atoms with Crippen LogP contribution in [0.25, 0.3) is 0 Å². The molecule has 0 aliphatic carbocycles. The van der Waals surface area contributed by atoms with E-state index in [4.69, 9.17) is 4.42 Å². The lowest BCUT2D eigenvalue weighted by Crippen LogP contribution is -2.11. The lowest BCUT2D eigenvalue weighted by molar-refractivity contribution is 0.490. The Balaban J connectivity index is 2.24. The van der Waals surface area contributed by atoms with Crippen LogP contribution in [0.15, 0.2) is 29.1 Å². The molecule has 0 saturated carbocycles. The van der Waals surface area contributed by atoms with Gasteiger partial charge in [-0.15, -0.1) is 0 Å². The number of rotatable bonds is 6. The normalized spacial score (nSPS) is 12.2. The predicted molar refractivity (Wildman–Crippen MR) is 76.3 cm³/mol. The smallest absolute Gasteiger partial charge is 0.135 e. The van der Waals surface area contributed by atoms with E-state index in [2.05, 4.69) is 34.4 Å². The van der Waals surface area contributed by atoms with Crippen molar-refractivity contribution < 1.29 is 4.42 Å². The minimum Gasteiger partial charge on any atom is -0.467 e. The second kappa shape index (κ2) is 6.22. The SMILES string of the molecule is CCCc1c(NC)ncnc1NC(C)c1ccco1. The van der Waals surface area contributed by atoms with Gasteiger partial charge in [0.05, 0.1) is 12.3 Å². The number of aromatic nitrogens is 2. The van der Waals surface area contributed by atoms with E-state index in [-0.39, 0.29) is 6.04 Å². The highest BCUT2D eigenvalue weighted by atomic mass is 16.3. The highest BCUT2D eigenvalue weighted by molar-refractivity contribution is 5.57. The van der Waals surface area contributed by atoms with Gasteiger partial charge in [-0.25, -0.2) is 9.97 Å². The lowest BCUT2D eigenvalue weighted by atomic mass is 10.1. The fourth-order valence-electron chi connectivity index (χ4n) is 2.05. The average molecular weight is 260 g/mol. The maximum Gasteiger partial charge on any atom is 0.135 e. The van der Waals surface area contributed by atoms with Gasteiger partial charge in [0.15, 0.2) is 0 Å². The molecular weight excluding hydrogens is 240 g/mol. The maximum atomic E-state index is 5.40. The van der Waals surface area contributed by atoms with Crippen LogP contribution in [0.2, 0.25) is 0 Å². The first-order valence-electron chi connectivity index (χ1n) is 6.57. The van der Waals surface area contributed by atoms with E-state index in [0.29, 0.717) is 0 Å². The Morgan fingerprint density at radius 1 is 1.32 bits per heavy atom. The number of hydrogen-bond donors (Lipinski definition) is 2. The molecular formula is C14H20N4O. The Bertz CT molecular complexity index is 510. The molecule has 0 aliphatic rings. The van der Waals surface area contributed by atoms with Gasteiger partial charge in [0.1, 0.15) is 23.7 Å². The van der Waals surface area contributed by atoms with Crippen molar-refractivity contribution in [2.75, 3.05) is 17.7 Å². The minimum absolute atomic E-state index is 0.0743. The molecule has 2 N–H and O–H groups in total. The van der Waals surface area contributed by atoms with E-state index in [0.717, 1.165) is 35.8 Å². The van der Waals surface area contributed by atoms with Crippen molar-refractivity contribution in [2.45, 2.75) is 32.7 Å². The van der Waals surface area contributed by atoms with Crippen LogP contribution in [0.1, 0.15) is 37.6 Å². The van der Waals surface area contributed by atoms with Crippen molar-refractivity contribution in [3.8, 4) is 0 Å². The summed E-state index contributed by atoms with van der Waals surface area (Å²) < 4.78 is 5.40. The summed E-state index contributed by atoms with van der Waals surface area (Å²) in [5, 5.41) is 6.50. The van der Waals surface area contributed by atoms with Gasteiger partial charge < -0.3 is 15.1 Å². The molecule has 2 aromatic rings. The van der Waals surface area contributed by atoms with Crippen LogP contribution in [-0.2, 0) is 6.42 Å². The first-order valence-corrected chi connectivity index (χ1v) is 6.57. The molecule has 2 heterocycles. The number of hydrogen-bond acceptors (Lipinski definition) is 5. The number of furan rings is 1. The van der Waals surface area contributed by atoms with Gasteiger partial charge in [-0.2, -0.15) is 0 Å². The maximum absolute atomic E-state index is 5.40. The molecule has 5 nitrogen and oxygen atoms in total. The van der Waals surface area contributed by atoms with Crippen molar-refractivity contribution in [3.05, 3.63) is 36.0 Å². The van der Waals surface area contributed by atoms with Crippen molar-refractivity contribution in [1.29, 1.82) is 0 Å². The van der Waals surface area contributed by atoms with E-state index in [9.17, 15) is 0 Å². The van der Waals surface area contributed by atoms with E-state index in [1.54, 1.807) is 12.6 Å². The molecule has 0 saturated heterocycles. The number of anilines is 2. The van der Waals surface area contributed by atoms with Crippen molar-refractivity contribution in [1.82, 2.24) is 9.97 Å². The quantitative estimate of drug-likeness (QED) is 0.834. The Labute approximate surface area is 113 Å². The molecule has 0 radical (unpaired) electrons. The van der Waals surface area contributed by atoms with Crippen LogP contribution in [-0.4, -0.2) is 17.0 Å². The average Bonchev–Trinajstić information content (AvgIpc) is 2.95. The molecule has 5 heteroatoms. The summed E-state index contributed by atoms with van der Waals surface area (Å²) in [5.74, 6) is 2.64. The summed E-state index contributed by atoms with van der Waals surface area (Å²) in [6, 6.07) is 3.92. The summed E-state index contributed by atoms with van der Waals surface area (Å²) in [5.41, 5.74) is 1.12. The standard InChI is InChI=1S/C14H20N4O/c1-4-6-11-13(15-3)16-9-17-14(11)18-10(2)12-7-5-8-19-12/h5,7-10H,4,6H2,1-3H3,(H2,15,16,17,18). The largest absolute Gasteiger partial charge is 0.467 e. The molecule has 0 fully saturated rings. The molecule has 1 unspecified atom stereocenters. The second-order valence-corrected chi connectivity index (χ2v) is 4.43. The van der Waals surface area contributed by atoms with Crippen LogP contribution >= 0.6 is 0 Å². The molecule has 102 valence electrons. The van der Waals surface area contributed by atoms with Crippen LogP contribution in [0.4, 0.5) is 11.6 Å². The Morgan fingerprint density at radius 3 is 2.74 bits per heavy atom. The summed E-state index contributed by atoms with van der Waals surface area (Å²) in [6.45, 7) is 4.20. The molecule has 0 aliphatic heterocycles. The van der Waals surface area contributed by atoms with E-state index in [1.165, 1.54) is 0 Å². The third kappa shape index (κ3) is 3.05. The van der Waals surface area contributed by atoms with Crippen LogP contribution in [0, 0.1) is 0 Å². The van der Waals surface area contributed by atoms with Crippen molar-refractivity contribution in [2.24, 2.45) is 0 Å². The topological polar surface area (TPSA) is 63.0 Å². The first kappa shape index (κ1) is 13.4. The Hall–Kier alpha value is -2.04. The highest BCUT2D eigenvalue weighted by Gasteiger charge is 2.14. The Kier molecular flexibility index (Phi) is 4.39. The van der Waals surface area contributed by atoms with Crippen LogP contribution in [0.3, 0.4) is 0 Å². The molecule has 0 aromatic carbocycles. The van der Waals surface area contributed by atoms with Gasteiger partial charge in [0.25, 0.3) is 0 Å². The van der Waals surface area contributed by atoms with Gasteiger partial charge in [-0.3, -0.25) is 0 Å². The van der Waals surface area contributed by atoms with Gasteiger partial charge in [0, 0.05) is 12.6 Å². The molecule has 19 heavy (non-hydrogen) atoms. The van der Waals surface area contributed by atoms with Crippen molar-refractivity contribution in [3.63, 3.8) is 0 Å². The second-order valence-electron chi connectivity index (χ2n) is 4.43. The summed E-state index contributed by atoms with van der Waals surface area (Å²) in [6.07, 6.45) is 5.23. The fourth-order valence-corrected chi connectivity index (χ4v) is 2.05. The summed E-state index contributed by atoms with van der Waals surface area (Å²) in [7, 11) is 1.88. The molecule has 0 amide bonds. The molecule has 0 spiro atoms. The minimum atomic E-state index is 0.0743. The molecule has 0 bridgehead atoms. The first-order chi connectivity index (χ1) is 9.26. The summed E-state index contributed by atoms with van der Waals surface area (Å²) >= 11 is 0. The van der Waals surface area contributed by atoms with E-state index >= 15 is 0 Å². The molecule has 1 atom stereocenters. The number of nitrogens with zero attached hydrogens (tertiary/aromatic N) is 2.